The van der Waals surface area contributed by atoms with Gasteiger partial charge in [-0.3, -0.25) is 15.0 Å². The number of pyridine rings is 1. The highest BCUT2D eigenvalue weighted by Gasteiger charge is 2.26. The van der Waals surface area contributed by atoms with Crippen molar-refractivity contribution >= 4 is 17.5 Å². The normalized spacial score (nSPS) is 16.0. The van der Waals surface area contributed by atoms with Crippen LogP contribution in [0.1, 0.15) is 23.7 Å². The van der Waals surface area contributed by atoms with Crippen molar-refractivity contribution in [2.45, 2.75) is 13.3 Å². The van der Waals surface area contributed by atoms with Gasteiger partial charge in [-0.25, -0.2) is 9.78 Å². The van der Waals surface area contributed by atoms with Crippen LogP contribution in [0.15, 0.2) is 12.3 Å². The van der Waals surface area contributed by atoms with Crippen LogP contribution in [0.3, 0.4) is 0 Å². The second kappa shape index (κ2) is 6.49. The van der Waals surface area contributed by atoms with E-state index in [0.717, 1.165) is 32.1 Å². The zero-order valence-electron chi connectivity index (χ0n) is 11.9. The molecule has 1 aliphatic heterocycles. The van der Waals surface area contributed by atoms with Crippen molar-refractivity contribution in [2.24, 2.45) is 0 Å². The van der Waals surface area contributed by atoms with Crippen LogP contribution in [-0.2, 0) is 0 Å². The number of piperazine rings is 1. The maximum atomic E-state index is 11.1. The smallest absolute Gasteiger partial charge is 0.337 e. The number of carboxylic acids is 1. The van der Waals surface area contributed by atoms with E-state index in [4.69, 9.17) is 5.11 Å². The summed E-state index contributed by atoms with van der Waals surface area (Å²) in [6.07, 6.45) is 2.24. The van der Waals surface area contributed by atoms with E-state index in [0.29, 0.717) is 13.1 Å². The zero-order valence-corrected chi connectivity index (χ0v) is 11.9. The van der Waals surface area contributed by atoms with Crippen LogP contribution in [0, 0.1) is 10.1 Å². The molecular weight excluding hydrogens is 276 g/mol. The van der Waals surface area contributed by atoms with Crippen molar-refractivity contribution in [3.05, 3.63) is 27.9 Å². The van der Waals surface area contributed by atoms with Crippen molar-refractivity contribution in [2.75, 3.05) is 37.6 Å². The number of nitrogens with zero attached hydrogens (tertiary/aromatic N) is 4. The highest BCUT2D eigenvalue weighted by Crippen LogP contribution is 2.27. The van der Waals surface area contributed by atoms with E-state index in [9.17, 15) is 14.9 Å². The van der Waals surface area contributed by atoms with Crippen LogP contribution in [0.25, 0.3) is 0 Å². The van der Waals surface area contributed by atoms with E-state index >= 15 is 0 Å². The van der Waals surface area contributed by atoms with E-state index in [1.54, 1.807) is 0 Å². The van der Waals surface area contributed by atoms with Crippen molar-refractivity contribution < 1.29 is 14.8 Å². The quantitative estimate of drug-likeness (QED) is 0.643. The molecule has 114 valence electrons. The van der Waals surface area contributed by atoms with Crippen LogP contribution in [0.5, 0.6) is 0 Å². The number of rotatable bonds is 5. The van der Waals surface area contributed by atoms with E-state index in [-0.39, 0.29) is 17.1 Å². The summed E-state index contributed by atoms with van der Waals surface area (Å²) < 4.78 is 0. The topological polar surface area (TPSA) is 99.8 Å². The Morgan fingerprint density at radius 2 is 2.10 bits per heavy atom. The maximum Gasteiger partial charge on any atom is 0.337 e. The second-order valence-electron chi connectivity index (χ2n) is 4.96. The number of carbonyl (C=O) groups is 1. The summed E-state index contributed by atoms with van der Waals surface area (Å²) in [6.45, 7) is 6.09. The molecule has 0 radical (unpaired) electrons. The first-order valence-electron chi connectivity index (χ1n) is 6.88. The number of carboxylic acid groups (broad SMARTS) is 1. The fraction of sp³-hybridized carbons (Fsp3) is 0.538. The predicted molar refractivity (Wildman–Crippen MR) is 76.8 cm³/mol. The Balaban J connectivity index is 2.20. The molecule has 0 amide bonds. The molecule has 1 aromatic rings. The summed E-state index contributed by atoms with van der Waals surface area (Å²) in [5.74, 6) is -0.967. The maximum absolute atomic E-state index is 11.1. The lowest BCUT2D eigenvalue weighted by molar-refractivity contribution is -0.384. The Kier molecular flexibility index (Phi) is 4.69. The van der Waals surface area contributed by atoms with E-state index in [2.05, 4.69) is 16.8 Å². The number of aromatic nitrogens is 1. The second-order valence-corrected chi connectivity index (χ2v) is 4.96. The Morgan fingerprint density at radius 1 is 1.43 bits per heavy atom. The van der Waals surface area contributed by atoms with Gasteiger partial charge in [0.05, 0.1) is 10.5 Å². The minimum absolute atomic E-state index is 0.171. The third-order valence-electron chi connectivity index (χ3n) is 3.50. The van der Waals surface area contributed by atoms with Gasteiger partial charge < -0.3 is 10.0 Å². The molecule has 2 rings (SSSR count). The third kappa shape index (κ3) is 3.46. The molecule has 1 saturated heterocycles. The fourth-order valence-corrected chi connectivity index (χ4v) is 2.44. The summed E-state index contributed by atoms with van der Waals surface area (Å²) in [7, 11) is 0. The number of hydrogen-bond donors (Lipinski definition) is 1. The molecule has 0 aromatic carbocycles. The van der Waals surface area contributed by atoms with Crippen LogP contribution >= 0.6 is 0 Å². The summed E-state index contributed by atoms with van der Waals surface area (Å²) >= 11 is 0. The minimum atomic E-state index is -1.22. The molecule has 1 aromatic heterocycles. The largest absolute Gasteiger partial charge is 0.478 e. The molecule has 1 aliphatic rings. The van der Waals surface area contributed by atoms with Crippen molar-refractivity contribution in [3.8, 4) is 0 Å². The molecule has 0 aliphatic carbocycles. The first-order chi connectivity index (χ1) is 10.0. The Morgan fingerprint density at radius 3 is 2.62 bits per heavy atom. The Labute approximate surface area is 122 Å². The summed E-state index contributed by atoms with van der Waals surface area (Å²) in [4.78, 5) is 29.6. The summed E-state index contributed by atoms with van der Waals surface area (Å²) in [5.41, 5.74) is -0.422. The third-order valence-corrected chi connectivity index (χ3v) is 3.50. The average molecular weight is 294 g/mol. The monoisotopic (exact) mass is 294 g/mol. The fourth-order valence-electron chi connectivity index (χ4n) is 2.44. The lowest BCUT2D eigenvalue weighted by Crippen LogP contribution is -2.47. The molecule has 0 unspecified atom stereocenters. The van der Waals surface area contributed by atoms with Crippen molar-refractivity contribution in [1.29, 1.82) is 0 Å². The molecule has 21 heavy (non-hydrogen) atoms. The molecule has 8 nitrogen and oxygen atoms in total. The standard InChI is InChI=1S/C13H18N4O4/c1-2-3-15-4-6-16(7-5-15)12-11(17(20)21)8-10(9-14-12)13(18)19/h8-9H,2-7H2,1H3,(H,18,19). The average Bonchev–Trinajstić information content (AvgIpc) is 2.47. The van der Waals surface area contributed by atoms with E-state index in [1.165, 1.54) is 6.20 Å². The van der Waals surface area contributed by atoms with Crippen molar-refractivity contribution in [3.63, 3.8) is 0 Å². The van der Waals surface area contributed by atoms with Gasteiger partial charge in [-0.15, -0.1) is 0 Å². The van der Waals surface area contributed by atoms with Gasteiger partial charge in [-0.1, -0.05) is 6.92 Å². The van der Waals surface area contributed by atoms with Gasteiger partial charge >= 0.3 is 11.7 Å². The molecule has 0 bridgehead atoms. The van der Waals surface area contributed by atoms with E-state index < -0.39 is 10.9 Å². The molecule has 0 spiro atoms. The van der Waals surface area contributed by atoms with Gasteiger partial charge in [-0.05, 0) is 13.0 Å². The Hall–Kier alpha value is -2.22. The summed E-state index contributed by atoms with van der Waals surface area (Å²) in [6, 6.07) is 1.07. The van der Waals surface area contributed by atoms with Gasteiger partial charge in [0.2, 0.25) is 5.82 Å². The predicted octanol–water partition coefficient (Wildman–Crippen LogP) is 1.22. The Bertz CT molecular complexity index is 541. The molecular formula is C13H18N4O4. The molecule has 2 heterocycles. The molecule has 0 atom stereocenters. The molecule has 1 fully saturated rings. The van der Waals surface area contributed by atoms with Crippen LogP contribution in [0.4, 0.5) is 11.5 Å². The van der Waals surface area contributed by atoms with Gasteiger partial charge in [0, 0.05) is 38.4 Å². The highest BCUT2D eigenvalue weighted by atomic mass is 16.6. The SMILES string of the molecule is CCCN1CCN(c2ncc(C(=O)O)cc2[N+](=O)[O-])CC1. The number of aromatic carboxylic acids is 1. The van der Waals surface area contributed by atoms with Crippen LogP contribution in [0.2, 0.25) is 0 Å². The lowest BCUT2D eigenvalue weighted by Gasteiger charge is -2.34. The number of nitro groups is 1. The van der Waals surface area contributed by atoms with Gasteiger partial charge in [0.15, 0.2) is 0 Å². The van der Waals surface area contributed by atoms with Gasteiger partial charge in [0.1, 0.15) is 0 Å². The first-order valence-corrected chi connectivity index (χ1v) is 6.88. The molecule has 0 saturated carbocycles. The van der Waals surface area contributed by atoms with E-state index in [1.807, 2.05) is 4.90 Å². The first kappa shape index (κ1) is 15.2. The minimum Gasteiger partial charge on any atom is -0.478 e. The highest BCUT2D eigenvalue weighted by molar-refractivity contribution is 5.88. The molecule has 1 N–H and O–H groups in total. The number of anilines is 1. The van der Waals surface area contributed by atoms with Crippen molar-refractivity contribution in [1.82, 2.24) is 9.88 Å². The summed E-state index contributed by atoms with van der Waals surface area (Å²) in [5, 5.41) is 20.0. The van der Waals surface area contributed by atoms with Gasteiger partial charge in [-0.2, -0.15) is 0 Å². The lowest BCUT2D eigenvalue weighted by atomic mass is 10.2. The zero-order chi connectivity index (χ0) is 15.4. The van der Waals surface area contributed by atoms with Gasteiger partial charge in [0.25, 0.3) is 0 Å². The van der Waals surface area contributed by atoms with Crippen LogP contribution in [-0.4, -0.2) is 58.6 Å². The molecule has 8 heteroatoms. The number of hydrogen-bond acceptors (Lipinski definition) is 6. The van der Waals surface area contributed by atoms with Crippen LogP contribution < -0.4 is 4.90 Å².